The number of carbonyl (C=O) groups is 1. The minimum absolute atomic E-state index is 0.361. The Kier molecular flexibility index (Phi) is 5.20. The molecule has 2 nitrogen and oxygen atoms in total. The molecule has 0 bridgehead atoms. The third-order valence-electron chi connectivity index (χ3n) is 3.47. The van der Waals surface area contributed by atoms with Crippen LogP contribution in [0.1, 0.15) is 50.2 Å². The molecule has 0 spiro atoms. The van der Waals surface area contributed by atoms with Crippen molar-refractivity contribution in [2.45, 2.75) is 46.0 Å². The van der Waals surface area contributed by atoms with E-state index in [-0.39, 0.29) is 5.92 Å². The summed E-state index contributed by atoms with van der Waals surface area (Å²) in [6.07, 6.45) is 2.84. The largest absolute Gasteiger partial charge is 0.481 e. The lowest BCUT2D eigenvalue weighted by atomic mass is 9.86. The van der Waals surface area contributed by atoms with E-state index in [1.807, 2.05) is 31.2 Å². The number of carboxylic acids is 1. The second-order valence-electron chi connectivity index (χ2n) is 4.72. The molecule has 0 aliphatic heterocycles. The summed E-state index contributed by atoms with van der Waals surface area (Å²) >= 11 is 0. The lowest BCUT2D eigenvalue weighted by Crippen LogP contribution is -2.15. The van der Waals surface area contributed by atoms with Crippen molar-refractivity contribution in [2.75, 3.05) is 0 Å². The highest BCUT2D eigenvalue weighted by Crippen LogP contribution is 2.28. The van der Waals surface area contributed by atoms with Gasteiger partial charge in [0.25, 0.3) is 0 Å². The second-order valence-corrected chi connectivity index (χ2v) is 4.72. The van der Waals surface area contributed by atoms with Crippen molar-refractivity contribution in [3.63, 3.8) is 0 Å². The highest BCUT2D eigenvalue weighted by atomic mass is 16.4. The Hall–Kier alpha value is -1.31. The fraction of sp³-hybridized carbons (Fsp3) is 0.533. The summed E-state index contributed by atoms with van der Waals surface area (Å²) in [4.78, 5) is 11.4. The molecule has 1 rings (SSSR count). The average molecular weight is 234 g/mol. The topological polar surface area (TPSA) is 37.3 Å². The van der Waals surface area contributed by atoms with E-state index >= 15 is 0 Å². The van der Waals surface area contributed by atoms with Crippen molar-refractivity contribution in [1.82, 2.24) is 0 Å². The van der Waals surface area contributed by atoms with Gasteiger partial charge in [0.15, 0.2) is 0 Å². The van der Waals surface area contributed by atoms with Gasteiger partial charge in [-0.2, -0.15) is 0 Å². The Morgan fingerprint density at radius 2 is 1.94 bits per heavy atom. The Labute approximate surface area is 104 Å². The van der Waals surface area contributed by atoms with Crippen LogP contribution in [-0.4, -0.2) is 11.1 Å². The maximum atomic E-state index is 11.4. The van der Waals surface area contributed by atoms with Crippen molar-refractivity contribution < 1.29 is 9.90 Å². The molecular weight excluding hydrogens is 212 g/mol. The van der Waals surface area contributed by atoms with Crippen molar-refractivity contribution in [1.29, 1.82) is 0 Å². The number of rotatable bonds is 6. The van der Waals surface area contributed by atoms with Gasteiger partial charge in [-0.25, -0.2) is 0 Å². The predicted molar refractivity (Wildman–Crippen MR) is 70.2 cm³/mol. The van der Waals surface area contributed by atoms with E-state index in [9.17, 15) is 9.90 Å². The van der Waals surface area contributed by atoms with Crippen LogP contribution in [0.5, 0.6) is 0 Å². The Bertz CT molecular complexity index is 367. The van der Waals surface area contributed by atoms with Gasteiger partial charge in [0, 0.05) is 0 Å². The van der Waals surface area contributed by atoms with Gasteiger partial charge >= 0.3 is 5.97 Å². The molecule has 94 valence electrons. The molecule has 1 aromatic rings. The number of hydrogen-bond acceptors (Lipinski definition) is 1. The van der Waals surface area contributed by atoms with Crippen LogP contribution in [0.3, 0.4) is 0 Å². The van der Waals surface area contributed by atoms with Crippen LogP contribution in [0, 0.1) is 12.8 Å². The molecule has 0 aliphatic carbocycles. The standard InChI is InChI=1S/C15H22O2/c1-4-12(5-2)10-14(15(16)17)13-8-6-7-11(3)9-13/h6-9,12,14H,4-5,10H2,1-3H3,(H,16,17). The van der Waals surface area contributed by atoms with Gasteiger partial charge in [0.2, 0.25) is 0 Å². The van der Waals surface area contributed by atoms with Gasteiger partial charge < -0.3 is 5.11 Å². The molecule has 0 aromatic heterocycles. The summed E-state index contributed by atoms with van der Waals surface area (Å²) in [6, 6.07) is 7.85. The number of carboxylic acid groups (broad SMARTS) is 1. The van der Waals surface area contributed by atoms with E-state index in [2.05, 4.69) is 13.8 Å². The van der Waals surface area contributed by atoms with E-state index in [1.54, 1.807) is 0 Å². The molecule has 0 heterocycles. The lowest BCUT2D eigenvalue weighted by molar-refractivity contribution is -0.139. The Morgan fingerprint density at radius 1 is 1.29 bits per heavy atom. The first-order chi connectivity index (χ1) is 8.08. The molecule has 2 heteroatoms. The van der Waals surface area contributed by atoms with E-state index in [1.165, 1.54) is 0 Å². The second kappa shape index (κ2) is 6.43. The van der Waals surface area contributed by atoms with Crippen LogP contribution in [0.2, 0.25) is 0 Å². The molecule has 0 fully saturated rings. The number of benzene rings is 1. The predicted octanol–water partition coefficient (Wildman–Crippen LogP) is 3.99. The third kappa shape index (κ3) is 3.88. The monoisotopic (exact) mass is 234 g/mol. The molecule has 1 atom stereocenters. The number of hydrogen-bond donors (Lipinski definition) is 1. The summed E-state index contributed by atoms with van der Waals surface area (Å²) < 4.78 is 0. The zero-order chi connectivity index (χ0) is 12.8. The quantitative estimate of drug-likeness (QED) is 0.808. The van der Waals surface area contributed by atoms with Crippen LogP contribution in [-0.2, 0) is 4.79 Å². The molecular formula is C15H22O2. The molecule has 0 amide bonds. The van der Waals surface area contributed by atoms with Gasteiger partial charge in [0.05, 0.1) is 5.92 Å². The van der Waals surface area contributed by atoms with E-state index in [0.717, 1.165) is 30.4 Å². The first kappa shape index (κ1) is 13.8. The van der Waals surface area contributed by atoms with Crippen LogP contribution in [0.15, 0.2) is 24.3 Å². The third-order valence-corrected chi connectivity index (χ3v) is 3.47. The highest BCUT2D eigenvalue weighted by molar-refractivity contribution is 5.76. The highest BCUT2D eigenvalue weighted by Gasteiger charge is 2.22. The molecule has 0 saturated carbocycles. The molecule has 0 saturated heterocycles. The van der Waals surface area contributed by atoms with Gasteiger partial charge in [-0.1, -0.05) is 56.5 Å². The van der Waals surface area contributed by atoms with E-state index in [4.69, 9.17) is 0 Å². The summed E-state index contributed by atoms with van der Waals surface area (Å²) in [6.45, 7) is 6.26. The summed E-state index contributed by atoms with van der Waals surface area (Å²) in [5.41, 5.74) is 2.06. The summed E-state index contributed by atoms with van der Waals surface area (Å²) in [7, 11) is 0. The van der Waals surface area contributed by atoms with Crippen molar-refractivity contribution in [3.8, 4) is 0 Å². The minimum atomic E-state index is -0.706. The first-order valence-electron chi connectivity index (χ1n) is 6.37. The SMILES string of the molecule is CCC(CC)CC(C(=O)O)c1cccc(C)c1. The van der Waals surface area contributed by atoms with Gasteiger partial charge in [-0.05, 0) is 24.8 Å². The Morgan fingerprint density at radius 3 is 2.41 bits per heavy atom. The first-order valence-corrected chi connectivity index (χ1v) is 6.37. The van der Waals surface area contributed by atoms with Gasteiger partial charge in [-0.3, -0.25) is 4.79 Å². The maximum absolute atomic E-state index is 11.4. The molecule has 1 unspecified atom stereocenters. The smallest absolute Gasteiger partial charge is 0.310 e. The zero-order valence-electron chi connectivity index (χ0n) is 10.9. The molecule has 17 heavy (non-hydrogen) atoms. The maximum Gasteiger partial charge on any atom is 0.310 e. The fourth-order valence-corrected chi connectivity index (χ4v) is 2.22. The van der Waals surface area contributed by atoms with Crippen molar-refractivity contribution >= 4 is 5.97 Å². The van der Waals surface area contributed by atoms with Crippen molar-refractivity contribution in [3.05, 3.63) is 35.4 Å². The number of aryl methyl sites for hydroxylation is 1. The van der Waals surface area contributed by atoms with E-state index < -0.39 is 5.97 Å². The summed E-state index contributed by atoms with van der Waals surface area (Å²) in [5.74, 6) is -0.570. The lowest BCUT2D eigenvalue weighted by Gasteiger charge is -2.19. The van der Waals surface area contributed by atoms with Crippen LogP contribution in [0.4, 0.5) is 0 Å². The molecule has 0 aliphatic rings. The van der Waals surface area contributed by atoms with Crippen LogP contribution < -0.4 is 0 Å². The average Bonchev–Trinajstić information content (AvgIpc) is 2.30. The Balaban J connectivity index is 2.89. The molecule has 1 aromatic carbocycles. The molecule has 0 radical (unpaired) electrons. The minimum Gasteiger partial charge on any atom is -0.481 e. The van der Waals surface area contributed by atoms with Gasteiger partial charge in [-0.15, -0.1) is 0 Å². The zero-order valence-corrected chi connectivity index (χ0v) is 10.9. The number of aliphatic carboxylic acids is 1. The van der Waals surface area contributed by atoms with Gasteiger partial charge in [0.1, 0.15) is 0 Å². The van der Waals surface area contributed by atoms with E-state index in [0.29, 0.717) is 5.92 Å². The summed E-state index contributed by atoms with van der Waals surface area (Å²) in [5, 5.41) is 9.36. The van der Waals surface area contributed by atoms with Crippen molar-refractivity contribution in [2.24, 2.45) is 5.92 Å². The fourth-order valence-electron chi connectivity index (χ4n) is 2.22. The van der Waals surface area contributed by atoms with Crippen LogP contribution in [0.25, 0.3) is 0 Å². The van der Waals surface area contributed by atoms with Crippen LogP contribution >= 0.6 is 0 Å². The normalized spacial score (nSPS) is 12.7. The molecule has 1 N–H and O–H groups in total.